The van der Waals surface area contributed by atoms with E-state index < -0.39 is 0 Å². The summed E-state index contributed by atoms with van der Waals surface area (Å²) in [7, 11) is 3.41. The normalized spacial score (nSPS) is 16.6. The third-order valence-electron chi connectivity index (χ3n) is 5.03. The van der Waals surface area contributed by atoms with E-state index in [4.69, 9.17) is 18.9 Å². The van der Waals surface area contributed by atoms with Crippen LogP contribution in [0.5, 0.6) is 17.2 Å². The number of methoxy groups -OCH3 is 1. The van der Waals surface area contributed by atoms with Crippen LogP contribution >= 0.6 is 24.0 Å². The number of ether oxygens (including phenoxy) is 4. The number of rotatable bonds is 9. The average Bonchev–Trinajstić information content (AvgIpc) is 3.28. The highest BCUT2D eigenvalue weighted by Crippen LogP contribution is 2.24. The molecule has 2 unspecified atom stereocenters. The first-order chi connectivity index (χ1) is 15.1. The molecule has 0 saturated carbocycles. The Balaban J connectivity index is 0.00000363. The van der Waals surface area contributed by atoms with Gasteiger partial charge in [-0.05, 0) is 49.7 Å². The van der Waals surface area contributed by atoms with Crippen molar-refractivity contribution in [2.24, 2.45) is 4.99 Å². The quantitative estimate of drug-likeness (QED) is 0.278. The number of hydrogen-bond donors (Lipinski definition) is 2. The van der Waals surface area contributed by atoms with Gasteiger partial charge in [-0.1, -0.05) is 12.1 Å². The van der Waals surface area contributed by atoms with Crippen LogP contribution in [0.4, 0.5) is 0 Å². The Morgan fingerprint density at radius 3 is 2.56 bits per heavy atom. The maximum Gasteiger partial charge on any atom is 0.191 e. The summed E-state index contributed by atoms with van der Waals surface area (Å²) in [4.78, 5) is 4.32. The lowest BCUT2D eigenvalue weighted by molar-refractivity contribution is 0.140. The van der Waals surface area contributed by atoms with E-state index >= 15 is 0 Å². The van der Waals surface area contributed by atoms with Crippen molar-refractivity contribution in [1.29, 1.82) is 0 Å². The summed E-state index contributed by atoms with van der Waals surface area (Å²) < 4.78 is 22.7. The molecule has 1 aliphatic rings. The molecule has 2 N–H and O–H groups in total. The zero-order valence-electron chi connectivity index (χ0n) is 19.2. The predicted octanol–water partition coefficient (Wildman–Crippen LogP) is 3.92. The smallest absolute Gasteiger partial charge is 0.191 e. The first-order valence-corrected chi connectivity index (χ1v) is 10.7. The summed E-state index contributed by atoms with van der Waals surface area (Å²) in [6.07, 6.45) is 1.01. The molecule has 32 heavy (non-hydrogen) atoms. The van der Waals surface area contributed by atoms with Gasteiger partial charge in [0, 0.05) is 25.6 Å². The SMILES string of the molecule is CN=C(NCc1ccc(C)cc1OC1CCOC1)NCC(C)Oc1ccc(OC)cc1.I. The molecule has 176 valence electrons. The van der Waals surface area contributed by atoms with Crippen molar-refractivity contribution in [1.82, 2.24) is 10.6 Å². The highest BCUT2D eigenvalue weighted by molar-refractivity contribution is 14.0. The third kappa shape index (κ3) is 8.05. The molecule has 1 aliphatic heterocycles. The topological polar surface area (TPSA) is 73.3 Å². The highest BCUT2D eigenvalue weighted by atomic mass is 127. The first-order valence-electron chi connectivity index (χ1n) is 10.7. The van der Waals surface area contributed by atoms with E-state index in [-0.39, 0.29) is 36.2 Å². The van der Waals surface area contributed by atoms with Gasteiger partial charge in [0.25, 0.3) is 0 Å². The van der Waals surface area contributed by atoms with E-state index in [0.717, 1.165) is 35.8 Å². The van der Waals surface area contributed by atoms with E-state index in [9.17, 15) is 0 Å². The van der Waals surface area contributed by atoms with Crippen LogP contribution in [0.15, 0.2) is 47.5 Å². The number of guanidine groups is 1. The number of halogens is 1. The Labute approximate surface area is 207 Å². The van der Waals surface area contributed by atoms with Crippen LogP contribution < -0.4 is 24.8 Å². The molecule has 2 aromatic carbocycles. The lowest BCUT2D eigenvalue weighted by Crippen LogP contribution is -2.41. The summed E-state index contributed by atoms with van der Waals surface area (Å²) in [5.41, 5.74) is 2.26. The van der Waals surface area contributed by atoms with Gasteiger partial charge in [0.05, 0.1) is 26.9 Å². The number of benzene rings is 2. The molecule has 3 rings (SSSR count). The van der Waals surface area contributed by atoms with Gasteiger partial charge in [-0.15, -0.1) is 24.0 Å². The van der Waals surface area contributed by atoms with Crippen LogP contribution in [0.1, 0.15) is 24.5 Å². The molecule has 7 nitrogen and oxygen atoms in total. The monoisotopic (exact) mass is 555 g/mol. The summed E-state index contributed by atoms with van der Waals surface area (Å²) >= 11 is 0. The van der Waals surface area contributed by atoms with Crippen LogP contribution in [0.2, 0.25) is 0 Å². The summed E-state index contributed by atoms with van der Waals surface area (Å²) in [6, 6.07) is 13.8. The van der Waals surface area contributed by atoms with Crippen molar-refractivity contribution in [3.05, 3.63) is 53.6 Å². The number of hydrogen-bond acceptors (Lipinski definition) is 5. The first kappa shape index (κ1) is 26.1. The van der Waals surface area contributed by atoms with Crippen molar-refractivity contribution in [2.45, 2.75) is 39.0 Å². The Bertz CT molecular complexity index is 855. The minimum atomic E-state index is -0.0346. The third-order valence-corrected chi connectivity index (χ3v) is 5.03. The molecule has 0 spiro atoms. The Morgan fingerprint density at radius 1 is 1.16 bits per heavy atom. The van der Waals surface area contributed by atoms with Gasteiger partial charge in [-0.2, -0.15) is 0 Å². The standard InChI is InChI=1S/C24H33N3O4.HI/c1-17-5-6-19(23(13-17)31-22-11-12-29-16-22)15-27-24(25-3)26-14-18(2)30-21-9-7-20(28-4)8-10-21;/h5-10,13,18,22H,11-12,14-16H2,1-4H3,(H2,25,26,27);1H. The van der Waals surface area contributed by atoms with Crippen LogP contribution in [-0.2, 0) is 11.3 Å². The van der Waals surface area contributed by atoms with Gasteiger partial charge in [0.15, 0.2) is 5.96 Å². The molecule has 2 aromatic rings. The minimum absolute atomic E-state index is 0. The van der Waals surface area contributed by atoms with E-state index in [1.165, 1.54) is 5.56 Å². The van der Waals surface area contributed by atoms with Crippen LogP contribution in [0.25, 0.3) is 0 Å². The number of aliphatic imine (C=N–C) groups is 1. The van der Waals surface area contributed by atoms with E-state index in [1.807, 2.05) is 31.2 Å². The van der Waals surface area contributed by atoms with Crippen molar-refractivity contribution < 1.29 is 18.9 Å². The zero-order valence-corrected chi connectivity index (χ0v) is 21.6. The molecule has 2 atom stereocenters. The van der Waals surface area contributed by atoms with Gasteiger partial charge >= 0.3 is 0 Å². The molecule has 1 fully saturated rings. The minimum Gasteiger partial charge on any atom is -0.497 e. The van der Waals surface area contributed by atoms with Crippen LogP contribution in [0.3, 0.4) is 0 Å². The maximum atomic E-state index is 6.18. The molecule has 1 heterocycles. The Kier molecular flexibility index (Phi) is 10.9. The lowest BCUT2D eigenvalue weighted by Gasteiger charge is -2.19. The second-order valence-electron chi connectivity index (χ2n) is 7.63. The molecule has 0 bridgehead atoms. The molecule has 0 radical (unpaired) electrons. The molecule has 0 amide bonds. The van der Waals surface area contributed by atoms with Gasteiger partial charge in [0.1, 0.15) is 29.5 Å². The largest absolute Gasteiger partial charge is 0.497 e. The summed E-state index contributed by atoms with van der Waals surface area (Å²) in [5, 5.41) is 6.67. The van der Waals surface area contributed by atoms with Crippen molar-refractivity contribution >= 4 is 29.9 Å². The second kappa shape index (κ2) is 13.4. The van der Waals surface area contributed by atoms with E-state index in [1.54, 1.807) is 14.2 Å². The number of nitrogens with zero attached hydrogens (tertiary/aromatic N) is 1. The van der Waals surface area contributed by atoms with Crippen molar-refractivity contribution in [2.75, 3.05) is 33.9 Å². The fraction of sp³-hybridized carbons (Fsp3) is 0.458. The van der Waals surface area contributed by atoms with Gasteiger partial charge in [-0.25, -0.2) is 0 Å². The fourth-order valence-corrected chi connectivity index (χ4v) is 3.27. The van der Waals surface area contributed by atoms with Crippen LogP contribution in [-0.4, -0.2) is 52.1 Å². The lowest BCUT2D eigenvalue weighted by atomic mass is 10.1. The van der Waals surface area contributed by atoms with E-state index in [0.29, 0.717) is 25.7 Å². The number of nitrogens with one attached hydrogen (secondary N) is 2. The molecule has 0 aliphatic carbocycles. The average molecular weight is 555 g/mol. The van der Waals surface area contributed by atoms with Gasteiger partial charge in [-0.3, -0.25) is 4.99 Å². The van der Waals surface area contributed by atoms with Gasteiger partial charge < -0.3 is 29.6 Å². The molecular formula is C24H34IN3O4. The maximum absolute atomic E-state index is 6.18. The zero-order chi connectivity index (χ0) is 22.1. The second-order valence-corrected chi connectivity index (χ2v) is 7.63. The van der Waals surface area contributed by atoms with E-state index in [2.05, 4.69) is 40.7 Å². The Morgan fingerprint density at radius 2 is 1.91 bits per heavy atom. The molecule has 0 aromatic heterocycles. The fourth-order valence-electron chi connectivity index (χ4n) is 3.27. The highest BCUT2D eigenvalue weighted by Gasteiger charge is 2.19. The van der Waals surface area contributed by atoms with Gasteiger partial charge in [0.2, 0.25) is 0 Å². The molecular weight excluding hydrogens is 521 g/mol. The predicted molar refractivity (Wildman–Crippen MR) is 138 cm³/mol. The number of aryl methyl sites for hydroxylation is 1. The van der Waals surface area contributed by atoms with Crippen molar-refractivity contribution in [3.8, 4) is 17.2 Å². The summed E-state index contributed by atoms with van der Waals surface area (Å²) in [5.74, 6) is 3.22. The Hall–Kier alpha value is -2.20. The summed E-state index contributed by atoms with van der Waals surface area (Å²) in [6.45, 7) is 6.71. The molecule has 1 saturated heterocycles. The molecule has 8 heteroatoms. The van der Waals surface area contributed by atoms with Crippen LogP contribution in [0, 0.1) is 6.92 Å². The van der Waals surface area contributed by atoms with Crippen molar-refractivity contribution in [3.63, 3.8) is 0 Å².